The lowest BCUT2D eigenvalue weighted by Gasteiger charge is -2.05. The summed E-state index contributed by atoms with van der Waals surface area (Å²) in [7, 11) is 0. The summed E-state index contributed by atoms with van der Waals surface area (Å²) in [5.74, 6) is 0.628. The molecule has 92 valence electrons. The minimum atomic E-state index is -0.327. The third-order valence-electron chi connectivity index (χ3n) is 3.00. The third-order valence-corrected chi connectivity index (χ3v) is 3.23. The number of aromatic nitrogens is 2. The molecule has 18 heavy (non-hydrogen) atoms. The molecule has 2 aromatic rings. The van der Waals surface area contributed by atoms with Crippen LogP contribution in [0.25, 0.3) is 11.1 Å². The number of benzene rings is 1. The molecule has 1 aliphatic carbocycles. The van der Waals surface area contributed by atoms with Crippen LogP contribution in [-0.4, -0.2) is 15.1 Å². The molecule has 0 bridgehead atoms. The second-order valence-corrected chi connectivity index (χ2v) is 4.87. The summed E-state index contributed by atoms with van der Waals surface area (Å²) >= 11 is 5.88. The summed E-state index contributed by atoms with van der Waals surface area (Å²) in [6.07, 6.45) is 2.03. The minimum absolute atomic E-state index is 0.168. The lowest BCUT2D eigenvalue weighted by molar-refractivity contribution is 0.450. The number of nitrogens with zero attached hydrogens (tertiary/aromatic N) is 1. The fourth-order valence-electron chi connectivity index (χ4n) is 1.93. The van der Waals surface area contributed by atoms with Gasteiger partial charge in [0.1, 0.15) is 11.4 Å². The Bertz CT molecular complexity index is 662. The van der Waals surface area contributed by atoms with Crippen molar-refractivity contribution in [2.45, 2.75) is 18.8 Å². The SMILES string of the molecule is O=c1[nH]c(C2CC2)nc(O)c1-c1cccc(Cl)c1. The molecule has 0 aliphatic heterocycles. The van der Waals surface area contributed by atoms with Crippen molar-refractivity contribution in [1.29, 1.82) is 0 Å². The highest BCUT2D eigenvalue weighted by Gasteiger charge is 2.27. The van der Waals surface area contributed by atoms with Crippen LogP contribution in [0.5, 0.6) is 5.88 Å². The predicted molar refractivity (Wildman–Crippen MR) is 68.9 cm³/mol. The van der Waals surface area contributed by atoms with Crippen molar-refractivity contribution in [3.63, 3.8) is 0 Å². The third kappa shape index (κ3) is 1.99. The first-order valence-corrected chi connectivity index (χ1v) is 6.12. The zero-order chi connectivity index (χ0) is 12.7. The van der Waals surface area contributed by atoms with Crippen molar-refractivity contribution in [2.24, 2.45) is 0 Å². The van der Waals surface area contributed by atoms with E-state index in [1.807, 2.05) is 0 Å². The Labute approximate surface area is 108 Å². The summed E-state index contributed by atoms with van der Waals surface area (Å²) in [4.78, 5) is 18.8. The molecule has 0 radical (unpaired) electrons. The maximum absolute atomic E-state index is 12.0. The van der Waals surface area contributed by atoms with E-state index in [4.69, 9.17) is 11.6 Å². The number of nitrogens with one attached hydrogen (secondary N) is 1. The van der Waals surface area contributed by atoms with Crippen LogP contribution < -0.4 is 5.56 Å². The summed E-state index contributed by atoms with van der Waals surface area (Å²) in [5, 5.41) is 10.4. The highest BCUT2D eigenvalue weighted by atomic mass is 35.5. The monoisotopic (exact) mass is 262 g/mol. The van der Waals surface area contributed by atoms with Gasteiger partial charge in [0.15, 0.2) is 0 Å². The Morgan fingerprint density at radius 3 is 2.78 bits per heavy atom. The molecule has 1 aliphatic rings. The van der Waals surface area contributed by atoms with Gasteiger partial charge in [-0.25, -0.2) is 0 Å². The van der Waals surface area contributed by atoms with Gasteiger partial charge >= 0.3 is 0 Å². The quantitative estimate of drug-likeness (QED) is 0.874. The van der Waals surface area contributed by atoms with Gasteiger partial charge in [0, 0.05) is 10.9 Å². The first-order valence-electron chi connectivity index (χ1n) is 5.74. The second kappa shape index (κ2) is 4.14. The molecule has 0 amide bonds. The van der Waals surface area contributed by atoms with E-state index in [0.29, 0.717) is 16.4 Å². The van der Waals surface area contributed by atoms with E-state index in [0.717, 1.165) is 12.8 Å². The summed E-state index contributed by atoms with van der Waals surface area (Å²) in [6, 6.07) is 6.78. The van der Waals surface area contributed by atoms with Crippen LogP contribution in [-0.2, 0) is 0 Å². The van der Waals surface area contributed by atoms with Gasteiger partial charge in [0.2, 0.25) is 5.88 Å². The van der Waals surface area contributed by atoms with Gasteiger partial charge in [-0.1, -0.05) is 23.7 Å². The van der Waals surface area contributed by atoms with Crippen molar-refractivity contribution in [1.82, 2.24) is 9.97 Å². The van der Waals surface area contributed by atoms with E-state index in [-0.39, 0.29) is 22.9 Å². The zero-order valence-electron chi connectivity index (χ0n) is 9.48. The summed E-state index contributed by atoms with van der Waals surface area (Å²) in [5.41, 5.74) is 0.407. The molecule has 1 fully saturated rings. The van der Waals surface area contributed by atoms with E-state index in [9.17, 15) is 9.90 Å². The molecule has 1 aromatic heterocycles. The van der Waals surface area contributed by atoms with Crippen LogP contribution in [0.2, 0.25) is 5.02 Å². The van der Waals surface area contributed by atoms with Gasteiger partial charge < -0.3 is 10.1 Å². The number of rotatable bonds is 2. The van der Waals surface area contributed by atoms with Crippen LogP contribution in [0.4, 0.5) is 0 Å². The molecular formula is C13H11ClN2O2. The Morgan fingerprint density at radius 1 is 1.39 bits per heavy atom. The number of H-pyrrole nitrogens is 1. The Morgan fingerprint density at radius 2 is 2.17 bits per heavy atom. The van der Waals surface area contributed by atoms with E-state index in [2.05, 4.69) is 9.97 Å². The molecule has 1 saturated carbocycles. The maximum atomic E-state index is 12.0. The van der Waals surface area contributed by atoms with Crippen molar-refractivity contribution < 1.29 is 5.11 Å². The van der Waals surface area contributed by atoms with Crippen molar-refractivity contribution in [3.05, 3.63) is 45.5 Å². The molecule has 3 rings (SSSR count). The summed E-state index contributed by atoms with van der Waals surface area (Å²) in [6.45, 7) is 0. The van der Waals surface area contributed by atoms with Crippen molar-refractivity contribution >= 4 is 11.6 Å². The topological polar surface area (TPSA) is 66.0 Å². The molecular weight excluding hydrogens is 252 g/mol. The lowest BCUT2D eigenvalue weighted by Crippen LogP contribution is -2.13. The van der Waals surface area contributed by atoms with Crippen molar-refractivity contribution in [2.75, 3.05) is 0 Å². The Balaban J connectivity index is 2.15. The molecule has 0 saturated heterocycles. The highest BCUT2D eigenvalue weighted by molar-refractivity contribution is 6.30. The Hall–Kier alpha value is -1.81. The molecule has 1 aromatic carbocycles. The molecule has 1 heterocycles. The first kappa shape index (κ1) is 11.3. The maximum Gasteiger partial charge on any atom is 0.262 e. The van der Waals surface area contributed by atoms with Gasteiger partial charge in [-0.2, -0.15) is 4.98 Å². The largest absolute Gasteiger partial charge is 0.493 e. The second-order valence-electron chi connectivity index (χ2n) is 4.43. The van der Waals surface area contributed by atoms with Gasteiger partial charge in [-0.15, -0.1) is 0 Å². The average molecular weight is 263 g/mol. The first-order chi connectivity index (χ1) is 8.65. The number of hydrogen-bond donors (Lipinski definition) is 2. The van der Waals surface area contributed by atoms with Crippen LogP contribution in [0.3, 0.4) is 0 Å². The molecule has 5 heteroatoms. The normalized spacial score (nSPS) is 14.7. The molecule has 2 N–H and O–H groups in total. The van der Waals surface area contributed by atoms with E-state index in [1.165, 1.54) is 0 Å². The minimum Gasteiger partial charge on any atom is -0.493 e. The van der Waals surface area contributed by atoms with E-state index >= 15 is 0 Å². The number of aromatic amines is 1. The number of hydrogen-bond acceptors (Lipinski definition) is 3. The van der Waals surface area contributed by atoms with E-state index in [1.54, 1.807) is 24.3 Å². The average Bonchev–Trinajstić information content (AvgIpc) is 3.11. The molecule has 0 atom stereocenters. The van der Waals surface area contributed by atoms with Crippen LogP contribution >= 0.6 is 11.6 Å². The standard InChI is InChI=1S/C13H11ClN2O2/c14-9-3-1-2-8(6-9)10-12(17)15-11(7-4-5-7)16-13(10)18/h1-3,6-7H,4-5H2,(H2,15,16,17,18). The number of aromatic hydroxyl groups is 1. The van der Waals surface area contributed by atoms with Gasteiger partial charge in [-0.3, -0.25) is 4.79 Å². The van der Waals surface area contributed by atoms with Crippen LogP contribution in [0, 0.1) is 0 Å². The highest BCUT2D eigenvalue weighted by Crippen LogP contribution is 2.38. The number of halogens is 1. The molecule has 0 spiro atoms. The fourth-order valence-corrected chi connectivity index (χ4v) is 2.12. The van der Waals surface area contributed by atoms with Crippen LogP contribution in [0.1, 0.15) is 24.6 Å². The molecule has 4 nitrogen and oxygen atoms in total. The molecule has 0 unspecified atom stereocenters. The fraction of sp³-hybridized carbons (Fsp3) is 0.231. The smallest absolute Gasteiger partial charge is 0.262 e. The van der Waals surface area contributed by atoms with Gasteiger partial charge in [0.25, 0.3) is 5.56 Å². The predicted octanol–water partition coefficient (Wildman–Crippen LogP) is 2.67. The summed E-state index contributed by atoms with van der Waals surface area (Å²) < 4.78 is 0. The zero-order valence-corrected chi connectivity index (χ0v) is 10.2. The van der Waals surface area contributed by atoms with Gasteiger partial charge in [0.05, 0.1) is 0 Å². The lowest BCUT2D eigenvalue weighted by atomic mass is 10.1. The van der Waals surface area contributed by atoms with Crippen LogP contribution in [0.15, 0.2) is 29.1 Å². The van der Waals surface area contributed by atoms with Gasteiger partial charge in [-0.05, 0) is 30.5 Å². The van der Waals surface area contributed by atoms with E-state index < -0.39 is 0 Å². The van der Waals surface area contributed by atoms with Crippen molar-refractivity contribution in [3.8, 4) is 17.0 Å². The Kier molecular flexibility index (Phi) is 2.59.